The van der Waals surface area contributed by atoms with Crippen LogP contribution in [0.25, 0.3) is 6.08 Å². The zero-order chi connectivity index (χ0) is 14.5. The van der Waals surface area contributed by atoms with Gasteiger partial charge >= 0.3 is 6.09 Å². The molecular weight excluding hydrogens is 285 g/mol. The van der Waals surface area contributed by atoms with Crippen LogP contribution in [0.4, 0.5) is 4.79 Å². The normalized spacial score (nSPS) is 11.6. The summed E-state index contributed by atoms with van der Waals surface area (Å²) in [6, 6.07) is 5.24. The summed E-state index contributed by atoms with van der Waals surface area (Å²) in [7, 11) is 0. The molecule has 104 valence electrons. The average molecular weight is 302 g/mol. The van der Waals surface area contributed by atoms with E-state index < -0.39 is 11.7 Å². The van der Waals surface area contributed by atoms with Crippen molar-refractivity contribution in [2.75, 3.05) is 6.54 Å². The Hall–Kier alpha value is -1.19. The molecule has 3 nitrogen and oxygen atoms in total. The molecule has 0 aliphatic rings. The second-order valence-corrected chi connectivity index (χ2v) is 5.79. The molecule has 1 rings (SSSR count). The van der Waals surface area contributed by atoms with Crippen molar-refractivity contribution in [3.05, 3.63) is 39.9 Å². The highest BCUT2D eigenvalue weighted by Crippen LogP contribution is 2.21. The van der Waals surface area contributed by atoms with Crippen LogP contribution in [-0.4, -0.2) is 18.2 Å². The van der Waals surface area contributed by atoms with E-state index in [1.165, 1.54) is 0 Å². The van der Waals surface area contributed by atoms with Gasteiger partial charge in [0.15, 0.2) is 0 Å². The van der Waals surface area contributed by atoms with Gasteiger partial charge in [0.2, 0.25) is 0 Å². The lowest BCUT2D eigenvalue weighted by molar-refractivity contribution is 0.0534. The third-order valence-electron chi connectivity index (χ3n) is 2.02. The number of amides is 1. The van der Waals surface area contributed by atoms with E-state index >= 15 is 0 Å². The molecule has 0 radical (unpaired) electrons. The van der Waals surface area contributed by atoms with Crippen LogP contribution in [0.1, 0.15) is 26.3 Å². The zero-order valence-corrected chi connectivity index (χ0v) is 12.7. The molecule has 0 heterocycles. The van der Waals surface area contributed by atoms with Crippen LogP contribution >= 0.6 is 23.2 Å². The fourth-order valence-corrected chi connectivity index (χ4v) is 1.75. The van der Waals surface area contributed by atoms with E-state index in [2.05, 4.69) is 5.32 Å². The Kier molecular flexibility index (Phi) is 5.70. The van der Waals surface area contributed by atoms with Crippen molar-refractivity contribution in [1.29, 1.82) is 0 Å². The summed E-state index contributed by atoms with van der Waals surface area (Å²) in [5.41, 5.74) is 0.352. The summed E-state index contributed by atoms with van der Waals surface area (Å²) in [5.74, 6) is 0. The van der Waals surface area contributed by atoms with Crippen molar-refractivity contribution in [2.24, 2.45) is 0 Å². The Bertz CT molecular complexity index is 479. The highest BCUT2D eigenvalue weighted by molar-refractivity contribution is 6.35. The molecule has 5 heteroatoms. The molecule has 1 aromatic carbocycles. The Morgan fingerprint density at radius 3 is 2.63 bits per heavy atom. The Morgan fingerprint density at radius 2 is 2.05 bits per heavy atom. The number of ether oxygens (including phenoxy) is 1. The van der Waals surface area contributed by atoms with Gasteiger partial charge in [-0.2, -0.15) is 0 Å². The third kappa shape index (κ3) is 6.50. The summed E-state index contributed by atoms with van der Waals surface area (Å²) in [6.07, 6.45) is 3.16. The van der Waals surface area contributed by atoms with Gasteiger partial charge in [0.1, 0.15) is 5.60 Å². The molecule has 0 fully saturated rings. The molecule has 0 unspecified atom stereocenters. The molecule has 1 aromatic rings. The van der Waals surface area contributed by atoms with Gasteiger partial charge in [-0.3, -0.25) is 0 Å². The fraction of sp³-hybridized carbons (Fsp3) is 0.357. The van der Waals surface area contributed by atoms with Crippen molar-refractivity contribution in [2.45, 2.75) is 26.4 Å². The maximum absolute atomic E-state index is 11.4. The van der Waals surface area contributed by atoms with Gasteiger partial charge < -0.3 is 10.1 Å². The maximum Gasteiger partial charge on any atom is 0.407 e. The Morgan fingerprint density at radius 1 is 1.37 bits per heavy atom. The molecule has 0 aromatic heterocycles. The molecule has 0 bridgehead atoms. The first-order chi connectivity index (χ1) is 8.78. The van der Waals surface area contributed by atoms with Gasteiger partial charge in [0.05, 0.1) is 0 Å². The summed E-state index contributed by atoms with van der Waals surface area (Å²) in [4.78, 5) is 11.4. The van der Waals surface area contributed by atoms with E-state index in [4.69, 9.17) is 27.9 Å². The molecule has 19 heavy (non-hydrogen) atoms. The molecule has 1 N–H and O–H groups in total. The number of hydrogen-bond acceptors (Lipinski definition) is 2. The van der Waals surface area contributed by atoms with E-state index in [0.29, 0.717) is 16.6 Å². The summed E-state index contributed by atoms with van der Waals surface area (Å²) in [6.45, 7) is 5.82. The van der Waals surface area contributed by atoms with Crippen molar-refractivity contribution in [3.63, 3.8) is 0 Å². The third-order valence-corrected chi connectivity index (χ3v) is 2.59. The number of halogens is 2. The van der Waals surface area contributed by atoms with Gasteiger partial charge in [-0.05, 0) is 38.5 Å². The predicted molar refractivity (Wildman–Crippen MR) is 79.7 cm³/mol. The highest BCUT2D eigenvalue weighted by atomic mass is 35.5. The number of benzene rings is 1. The minimum atomic E-state index is -0.493. The fourth-order valence-electron chi connectivity index (χ4n) is 1.28. The molecule has 0 saturated carbocycles. The molecule has 0 spiro atoms. The number of carbonyl (C=O) groups is 1. The van der Waals surface area contributed by atoms with Crippen LogP contribution in [0.2, 0.25) is 10.0 Å². The van der Waals surface area contributed by atoms with Crippen LogP contribution in [0.3, 0.4) is 0 Å². The maximum atomic E-state index is 11.4. The van der Waals surface area contributed by atoms with Gasteiger partial charge in [-0.1, -0.05) is 41.4 Å². The van der Waals surface area contributed by atoms with E-state index in [0.717, 1.165) is 5.56 Å². The second kappa shape index (κ2) is 6.83. The second-order valence-electron chi connectivity index (χ2n) is 4.95. The lowest BCUT2D eigenvalue weighted by atomic mass is 10.2. The lowest BCUT2D eigenvalue weighted by Gasteiger charge is -2.19. The summed E-state index contributed by atoms with van der Waals surface area (Å²) in [5, 5.41) is 3.79. The first-order valence-electron chi connectivity index (χ1n) is 5.86. The van der Waals surface area contributed by atoms with E-state index in [-0.39, 0.29) is 0 Å². The number of carbonyl (C=O) groups excluding carboxylic acids is 1. The zero-order valence-electron chi connectivity index (χ0n) is 11.2. The van der Waals surface area contributed by atoms with Crippen molar-refractivity contribution in [3.8, 4) is 0 Å². The van der Waals surface area contributed by atoms with E-state index in [1.807, 2.05) is 32.9 Å². The first kappa shape index (κ1) is 15.9. The molecular formula is C14H17Cl2NO2. The Balaban J connectivity index is 2.44. The van der Waals surface area contributed by atoms with Crippen LogP contribution < -0.4 is 5.32 Å². The summed E-state index contributed by atoms with van der Waals surface area (Å²) >= 11 is 11.8. The quantitative estimate of drug-likeness (QED) is 0.890. The number of alkyl carbamates (subject to hydrolysis) is 1. The van der Waals surface area contributed by atoms with Gasteiger partial charge in [0.25, 0.3) is 0 Å². The predicted octanol–water partition coefficient (Wildman–Crippen LogP) is 4.53. The lowest BCUT2D eigenvalue weighted by Crippen LogP contribution is -2.32. The largest absolute Gasteiger partial charge is 0.444 e. The van der Waals surface area contributed by atoms with Crippen LogP contribution in [0.5, 0.6) is 0 Å². The molecule has 0 aliphatic heterocycles. The molecule has 0 aliphatic carbocycles. The Labute approximate surface area is 123 Å². The smallest absolute Gasteiger partial charge is 0.407 e. The van der Waals surface area contributed by atoms with Crippen molar-refractivity contribution in [1.82, 2.24) is 5.32 Å². The highest BCUT2D eigenvalue weighted by Gasteiger charge is 2.14. The van der Waals surface area contributed by atoms with Crippen molar-refractivity contribution >= 4 is 35.4 Å². The van der Waals surface area contributed by atoms with Crippen molar-refractivity contribution < 1.29 is 9.53 Å². The number of nitrogens with one attached hydrogen (secondary N) is 1. The molecule has 0 atom stereocenters. The van der Waals surface area contributed by atoms with Gasteiger partial charge in [-0.25, -0.2) is 4.79 Å². The standard InChI is InChI=1S/C14H17Cl2NO2/c1-14(2,3)19-13(18)17-8-4-5-10-6-7-11(15)9-12(10)16/h4-7,9H,8H2,1-3H3,(H,17,18)/b5-4+. The number of rotatable bonds is 3. The van der Waals surface area contributed by atoms with Crippen LogP contribution in [0, 0.1) is 0 Å². The van der Waals surface area contributed by atoms with Gasteiger partial charge in [0, 0.05) is 16.6 Å². The monoisotopic (exact) mass is 301 g/mol. The SMILES string of the molecule is CC(C)(C)OC(=O)NC/C=C/c1ccc(Cl)cc1Cl. The van der Waals surface area contributed by atoms with Gasteiger partial charge in [-0.15, -0.1) is 0 Å². The minimum Gasteiger partial charge on any atom is -0.444 e. The van der Waals surface area contributed by atoms with Crippen LogP contribution in [-0.2, 0) is 4.74 Å². The molecule has 1 amide bonds. The van der Waals surface area contributed by atoms with E-state index in [1.54, 1.807) is 18.2 Å². The topological polar surface area (TPSA) is 38.3 Å². The summed E-state index contributed by atoms with van der Waals surface area (Å²) < 4.78 is 5.10. The average Bonchev–Trinajstić information content (AvgIpc) is 2.24. The number of hydrogen-bond donors (Lipinski definition) is 1. The minimum absolute atomic E-state index is 0.369. The van der Waals surface area contributed by atoms with E-state index in [9.17, 15) is 4.79 Å². The van der Waals surface area contributed by atoms with Crippen LogP contribution in [0.15, 0.2) is 24.3 Å². The first-order valence-corrected chi connectivity index (χ1v) is 6.62. The molecule has 0 saturated heterocycles.